The first kappa shape index (κ1) is 15.8. The number of methoxy groups -OCH3 is 2. The fraction of sp³-hybridized carbons (Fsp3) is 1.00. The number of ether oxygens (including phenoxy) is 2. The Kier molecular flexibility index (Phi) is 7.91. The third-order valence-corrected chi connectivity index (χ3v) is 4.21. The van der Waals surface area contributed by atoms with E-state index in [9.17, 15) is 8.42 Å². The summed E-state index contributed by atoms with van der Waals surface area (Å²) in [6, 6.07) is -0.0699. The van der Waals surface area contributed by atoms with Gasteiger partial charge in [-0.1, -0.05) is 6.92 Å². The molecule has 0 radical (unpaired) electrons. The Morgan fingerprint density at radius 2 is 1.94 bits per heavy atom. The Balaban J connectivity index is 3.92. The summed E-state index contributed by atoms with van der Waals surface area (Å²) < 4.78 is 32.8. The van der Waals surface area contributed by atoms with E-state index in [1.165, 1.54) is 0 Å². The molecule has 1 N–H and O–H groups in total. The highest BCUT2D eigenvalue weighted by Gasteiger charge is 2.15. The first-order chi connectivity index (χ1) is 7.45. The van der Waals surface area contributed by atoms with E-state index in [1.807, 2.05) is 6.92 Å². The maximum atomic E-state index is 11.4. The second-order valence-corrected chi connectivity index (χ2v) is 6.22. The molecule has 0 amide bonds. The van der Waals surface area contributed by atoms with Gasteiger partial charge in [0.15, 0.2) is 9.84 Å². The lowest BCUT2D eigenvalue weighted by molar-refractivity contribution is 0.0280. The van der Waals surface area contributed by atoms with Crippen LogP contribution in [0, 0.1) is 0 Å². The molecule has 0 bridgehead atoms. The number of nitrogens with one attached hydrogen (secondary N) is 1. The summed E-state index contributed by atoms with van der Waals surface area (Å²) in [5.41, 5.74) is 0. The summed E-state index contributed by atoms with van der Waals surface area (Å²) in [4.78, 5) is 0. The smallest absolute Gasteiger partial charge is 0.151 e. The summed E-state index contributed by atoms with van der Waals surface area (Å²) >= 11 is 0. The van der Waals surface area contributed by atoms with E-state index in [4.69, 9.17) is 9.47 Å². The average molecular weight is 253 g/mol. The highest BCUT2D eigenvalue weighted by molar-refractivity contribution is 7.91. The molecule has 0 aliphatic heterocycles. The monoisotopic (exact) mass is 253 g/mol. The van der Waals surface area contributed by atoms with Crippen LogP contribution in [0.1, 0.15) is 13.8 Å². The second-order valence-electron chi connectivity index (χ2n) is 3.82. The minimum Gasteiger partial charge on any atom is -0.382 e. The summed E-state index contributed by atoms with van der Waals surface area (Å²) in [5, 5.41) is 3.12. The molecule has 0 rings (SSSR count). The molecule has 6 heteroatoms. The first-order valence-corrected chi connectivity index (χ1v) is 7.22. The summed E-state index contributed by atoms with van der Waals surface area (Å²) in [5.74, 6) is 0.345. The molecule has 2 unspecified atom stereocenters. The van der Waals surface area contributed by atoms with E-state index in [2.05, 4.69) is 5.32 Å². The Bertz CT molecular complexity index is 266. The topological polar surface area (TPSA) is 64.6 Å². The van der Waals surface area contributed by atoms with E-state index in [0.717, 1.165) is 0 Å². The summed E-state index contributed by atoms with van der Waals surface area (Å²) in [6.07, 6.45) is -0.0446. The highest BCUT2D eigenvalue weighted by atomic mass is 32.2. The van der Waals surface area contributed by atoms with Gasteiger partial charge in [-0.05, 0) is 6.92 Å². The second kappa shape index (κ2) is 8.00. The molecular weight excluding hydrogens is 230 g/mol. The van der Waals surface area contributed by atoms with Crippen LogP contribution in [0.5, 0.6) is 0 Å². The van der Waals surface area contributed by atoms with Gasteiger partial charge in [-0.25, -0.2) is 8.42 Å². The lowest BCUT2D eigenvalue weighted by Gasteiger charge is -2.19. The fourth-order valence-electron chi connectivity index (χ4n) is 1.29. The van der Waals surface area contributed by atoms with Crippen molar-refractivity contribution in [3.63, 3.8) is 0 Å². The van der Waals surface area contributed by atoms with Gasteiger partial charge in [0, 0.05) is 32.6 Å². The SMILES string of the molecule is CCS(=O)(=O)CC(C)NCC(COC)OC. The fourth-order valence-corrected chi connectivity index (χ4v) is 2.40. The molecule has 0 saturated heterocycles. The zero-order chi connectivity index (χ0) is 12.6. The van der Waals surface area contributed by atoms with Crippen molar-refractivity contribution in [2.75, 3.05) is 38.9 Å². The van der Waals surface area contributed by atoms with Crippen LogP contribution in [-0.2, 0) is 19.3 Å². The number of rotatable bonds is 9. The van der Waals surface area contributed by atoms with E-state index >= 15 is 0 Å². The lowest BCUT2D eigenvalue weighted by Crippen LogP contribution is -2.40. The molecule has 0 aromatic heterocycles. The third kappa shape index (κ3) is 7.16. The number of hydrogen-bond acceptors (Lipinski definition) is 5. The molecule has 98 valence electrons. The van der Waals surface area contributed by atoms with Crippen molar-refractivity contribution in [2.24, 2.45) is 0 Å². The van der Waals surface area contributed by atoms with Gasteiger partial charge in [-0.3, -0.25) is 0 Å². The highest BCUT2D eigenvalue weighted by Crippen LogP contribution is 1.96. The van der Waals surface area contributed by atoms with Crippen molar-refractivity contribution in [1.82, 2.24) is 5.32 Å². The number of sulfone groups is 1. The van der Waals surface area contributed by atoms with Crippen molar-refractivity contribution in [1.29, 1.82) is 0 Å². The molecule has 0 saturated carbocycles. The van der Waals surface area contributed by atoms with Crippen molar-refractivity contribution in [3.8, 4) is 0 Å². The van der Waals surface area contributed by atoms with Crippen molar-refractivity contribution in [3.05, 3.63) is 0 Å². The van der Waals surface area contributed by atoms with Gasteiger partial charge < -0.3 is 14.8 Å². The van der Waals surface area contributed by atoms with Gasteiger partial charge in [0.05, 0.1) is 18.5 Å². The minimum absolute atomic E-state index is 0.0446. The Morgan fingerprint density at radius 3 is 2.38 bits per heavy atom. The van der Waals surface area contributed by atoms with Crippen molar-refractivity contribution < 1.29 is 17.9 Å². The minimum atomic E-state index is -2.92. The van der Waals surface area contributed by atoms with E-state index in [-0.39, 0.29) is 23.7 Å². The van der Waals surface area contributed by atoms with Crippen molar-refractivity contribution >= 4 is 9.84 Å². The van der Waals surface area contributed by atoms with Gasteiger partial charge in [0.1, 0.15) is 0 Å². The van der Waals surface area contributed by atoms with Crippen LogP contribution >= 0.6 is 0 Å². The lowest BCUT2D eigenvalue weighted by atomic mass is 10.3. The standard InChI is InChI=1S/C10H23NO4S/c1-5-16(12,13)8-9(2)11-6-10(15-4)7-14-3/h9-11H,5-8H2,1-4H3. The Labute approximate surface area is 98.4 Å². The molecule has 5 nitrogen and oxygen atoms in total. The Morgan fingerprint density at radius 1 is 1.31 bits per heavy atom. The summed E-state index contributed by atoms with van der Waals surface area (Å²) in [7, 11) is 0.298. The molecule has 2 atom stereocenters. The largest absolute Gasteiger partial charge is 0.382 e. The zero-order valence-corrected chi connectivity index (χ0v) is 11.3. The normalized spacial score (nSPS) is 16.0. The third-order valence-electron chi connectivity index (χ3n) is 2.32. The molecule has 0 spiro atoms. The predicted octanol–water partition coefficient (Wildman–Crippen LogP) is 0.0606. The molecule has 16 heavy (non-hydrogen) atoms. The van der Waals surface area contributed by atoms with Crippen LogP contribution in [0.4, 0.5) is 0 Å². The Hall–Kier alpha value is -0.170. The first-order valence-electron chi connectivity index (χ1n) is 5.40. The zero-order valence-electron chi connectivity index (χ0n) is 10.5. The van der Waals surface area contributed by atoms with Gasteiger partial charge >= 0.3 is 0 Å². The van der Waals surface area contributed by atoms with E-state index in [0.29, 0.717) is 13.2 Å². The van der Waals surface area contributed by atoms with E-state index < -0.39 is 9.84 Å². The van der Waals surface area contributed by atoms with Crippen LogP contribution in [0.2, 0.25) is 0 Å². The van der Waals surface area contributed by atoms with Crippen LogP contribution in [0.15, 0.2) is 0 Å². The van der Waals surface area contributed by atoms with Crippen LogP contribution in [0.25, 0.3) is 0 Å². The predicted molar refractivity (Wildman–Crippen MR) is 64.5 cm³/mol. The number of hydrogen-bond donors (Lipinski definition) is 1. The van der Waals surface area contributed by atoms with Gasteiger partial charge in [0.25, 0.3) is 0 Å². The maximum absolute atomic E-state index is 11.4. The molecule has 0 aromatic carbocycles. The molecule has 0 aliphatic rings. The van der Waals surface area contributed by atoms with Gasteiger partial charge in [-0.15, -0.1) is 0 Å². The molecular formula is C10H23NO4S. The molecule has 0 aliphatic carbocycles. The molecule has 0 fully saturated rings. The van der Waals surface area contributed by atoms with Crippen LogP contribution in [0.3, 0.4) is 0 Å². The van der Waals surface area contributed by atoms with Crippen LogP contribution in [-0.4, -0.2) is 59.4 Å². The van der Waals surface area contributed by atoms with Gasteiger partial charge in [0.2, 0.25) is 0 Å². The average Bonchev–Trinajstić information content (AvgIpc) is 2.23. The maximum Gasteiger partial charge on any atom is 0.151 e. The van der Waals surface area contributed by atoms with Gasteiger partial charge in [-0.2, -0.15) is 0 Å². The van der Waals surface area contributed by atoms with E-state index in [1.54, 1.807) is 21.1 Å². The quantitative estimate of drug-likeness (QED) is 0.629. The molecule has 0 heterocycles. The van der Waals surface area contributed by atoms with Crippen molar-refractivity contribution in [2.45, 2.75) is 26.0 Å². The summed E-state index contributed by atoms with van der Waals surface area (Å²) in [6.45, 7) is 4.60. The van der Waals surface area contributed by atoms with Crippen LogP contribution < -0.4 is 5.32 Å². The molecule has 0 aromatic rings.